The molecule has 0 amide bonds. The zero-order valence-electron chi connectivity index (χ0n) is 13.3. The van der Waals surface area contributed by atoms with Crippen LogP contribution in [-0.2, 0) is 25.5 Å². The third-order valence-corrected chi connectivity index (χ3v) is 3.31. The maximum absolute atomic E-state index is 12.2. The predicted molar refractivity (Wildman–Crippen MR) is 83.2 cm³/mol. The topological polar surface area (TPSA) is 52.6 Å². The molecule has 1 aromatic heterocycles. The summed E-state index contributed by atoms with van der Waals surface area (Å²) in [6, 6.07) is 1.95. The predicted octanol–water partition coefficient (Wildman–Crippen LogP) is 3.59. The van der Waals surface area contributed by atoms with E-state index in [0.717, 1.165) is 5.56 Å². The minimum Gasteiger partial charge on any atom is -0.463 e. The minimum atomic E-state index is -0.550. The Morgan fingerprint density at radius 2 is 1.95 bits per heavy atom. The first kappa shape index (κ1) is 17.7. The Labute approximate surface area is 130 Å². The van der Waals surface area contributed by atoms with Crippen LogP contribution in [0.4, 0.5) is 0 Å². The molecule has 0 aliphatic carbocycles. The first-order valence-corrected chi connectivity index (χ1v) is 8.05. The number of carbonyl (C=O) groups excluding carboxylic acids is 2. The molecule has 1 rings (SSSR count). The van der Waals surface area contributed by atoms with Gasteiger partial charge in [0.05, 0.1) is 18.4 Å². The fraction of sp³-hybridized carbons (Fsp3) is 0.625. The fourth-order valence-corrected chi connectivity index (χ4v) is 2.53. The van der Waals surface area contributed by atoms with E-state index in [1.807, 2.05) is 37.6 Å². The lowest BCUT2D eigenvalue weighted by Crippen LogP contribution is -2.30. The minimum absolute atomic E-state index is 0.0403. The highest BCUT2D eigenvalue weighted by atomic mass is 32.1. The van der Waals surface area contributed by atoms with Crippen molar-refractivity contribution >= 4 is 23.3 Å². The van der Waals surface area contributed by atoms with Gasteiger partial charge in [0.25, 0.3) is 0 Å². The van der Waals surface area contributed by atoms with E-state index in [-0.39, 0.29) is 24.5 Å². The molecular formula is C16H24O4S. The Kier molecular flexibility index (Phi) is 6.40. The van der Waals surface area contributed by atoms with E-state index in [9.17, 15) is 9.59 Å². The number of carbonyl (C=O) groups is 2. The maximum atomic E-state index is 12.2. The normalized spacial score (nSPS) is 13.0. The molecule has 4 nitrogen and oxygen atoms in total. The second kappa shape index (κ2) is 7.59. The van der Waals surface area contributed by atoms with Crippen molar-refractivity contribution in [1.82, 2.24) is 0 Å². The van der Waals surface area contributed by atoms with Crippen molar-refractivity contribution in [2.75, 3.05) is 0 Å². The maximum Gasteiger partial charge on any atom is 0.310 e. The van der Waals surface area contributed by atoms with Crippen LogP contribution in [0.5, 0.6) is 0 Å². The van der Waals surface area contributed by atoms with Crippen molar-refractivity contribution < 1.29 is 19.1 Å². The van der Waals surface area contributed by atoms with Crippen LogP contribution in [0.1, 0.15) is 46.6 Å². The number of esters is 2. The highest BCUT2D eigenvalue weighted by Gasteiger charge is 2.27. The molecule has 0 radical (unpaired) electrons. The van der Waals surface area contributed by atoms with Crippen molar-refractivity contribution in [1.29, 1.82) is 0 Å². The average Bonchev–Trinajstić information content (AvgIpc) is 2.77. The summed E-state index contributed by atoms with van der Waals surface area (Å²) in [5, 5.41) is 3.93. The van der Waals surface area contributed by atoms with E-state index >= 15 is 0 Å². The van der Waals surface area contributed by atoms with E-state index in [4.69, 9.17) is 9.47 Å². The van der Waals surface area contributed by atoms with Crippen molar-refractivity contribution in [3.63, 3.8) is 0 Å². The van der Waals surface area contributed by atoms with Gasteiger partial charge in [-0.3, -0.25) is 9.59 Å². The number of hydrogen-bond acceptors (Lipinski definition) is 5. The Morgan fingerprint density at radius 3 is 2.43 bits per heavy atom. The van der Waals surface area contributed by atoms with E-state index in [1.165, 1.54) is 0 Å². The fourth-order valence-electron chi connectivity index (χ4n) is 1.85. The standard InChI is InChI=1S/C16H24O4S/c1-11(2)19-15(18)13(8-12-6-7-21-10-12)9-14(17)20-16(3,4)5/h6-7,10-11,13H,8-9H2,1-5H3/t13-/m0/s1. The summed E-state index contributed by atoms with van der Waals surface area (Å²) in [5.41, 5.74) is 0.487. The smallest absolute Gasteiger partial charge is 0.310 e. The van der Waals surface area contributed by atoms with Crippen LogP contribution in [0.3, 0.4) is 0 Å². The molecule has 0 aromatic carbocycles. The summed E-state index contributed by atoms with van der Waals surface area (Å²) in [4.78, 5) is 24.1. The number of hydrogen-bond donors (Lipinski definition) is 0. The molecule has 0 unspecified atom stereocenters. The van der Waals surface area contributed by atoms with Gasteiger partial charge in [0, 0.05) is 0 Å². The van der Waals surface area contributed by atoms with Gasteiger partial charge in [0.2, 0.25) is 0 Å². The number of thiophene rings is 1. The van der Waals surface area contributed by atoms with Gasteiger partial charge >= 0.3 is 11.9 Å². The Hall–Kier alpha value is -1.36. The van der Waals surface area contributed by atoms with Gasteiger partial charge in [-0.25, -0.2) is 0 Å². The van der Waals surface area contributed by atoms with Crippen LogP contribution in [0.15, 0.2) is 16.8 Å². The van der Waals surface area contributed by atoms with Crippen LogP contribution in [0, 0.1) is 5.92 Å². The molecule has 1 heterocycles. The highest BCUT2D eigenvalue weighted by Crippen LogP contribution is 2.19. The Morgan fingerprint density at radius 1 is 1.29 bits per heavy atom. The first-order valence-electron chi connectivity index (χ1n) is 7.11. The van der Waals surface area contributed by atoms with Crippen LogP contribution in [0.25, 0.3) is 0 Å². The molecule has 0 aliphatic rings. The monoisotopic (exact) mass is 312 g/mol. The molecule has 1 atom stereocenters. The van der Waals surface area contributed by atoms with Crippen LogP contribution in [0.2, 0.25) is 0 Å². The van der Waals surface area contributed by atoms with Crippen molar-refractivity contribution in [2.45, 2.75) is 59.2 Å². The van der Waals surface area contributed by atoms with Gasteiger partial charge in [-0.05, 0) is 63.4 Å². The van der Waals surface area contributed by atoms with Crippen LogP contribution >= 0.6 is 11.3 Å². The molecule has 1 aromatic rings. The van der Waals surface area contributed by atoms with E-state index < -0.39 is 11.5 Å². The first-order chi connectivity index (χ1) is 9.67. The van der Waals surface area contributed by atoms with E-state index in [2.05, 4.69) is 0 Å². The summed E-state index contributed by atoms with van der Waals surface area (Å²) in [6.45, 7) is 9.03. The van der Waals surface area contributed by atoms with E-state index in [0.29, 0.717) is 6.42 Å². The number of rotatable bonds is 6. The molecule has 0 bridgehead atoms. The molecular weight excluding hydrogens is 288 g/mol. The van der Waals surface area contributed by atoms with Gasteiger partial charge in [0.15, 0.2) is 0 Å². The second-order valence-corrected chi connectivity index (χ2v) is 7.09. The van der Waals surface area contributed by atoms with E-state index in [1.54, 1.807) is 25.2 Å². The second-order valence-electron chi connectivity index (χ2n) is 6.31. The third kappa shape index (κ3) is 7.27. The highest BCUT2D eigenvalue weighted by molar-refractivity contribution is 7.07. The Balaban J connectivity index is 2.71. The molecule has 21 heavy (non-hydrogen) atoms. The van der Waals surface area contributed by atoms with Gasteiger partial charge in [0.1, 0.15) is 5.60 Å². The third-order valence-electron chi connectivity index (χ3n) is 2.58. The molecule has 118 valence electrons. The van der Waals surface area contributed by atoms with Gasteiger partial charge in [-0.2, -0.15) is 11.3 Å². The summed E-state index contributed by atoms with van der Waals surface area (Å²) in [7, 11) is 0. The van der Waals surface area contributed by atoms with Gasteiger partial charge < -0.3 is 9.47 Å². The summed E-state index contributed by atoms with van der Waals surface area (Å²) in [5.74, 6) is -1.22. The van der Waals surface area contributed by atoms with Crippen LogP contribution < -0.4 is 0 Å². The zero-order chi connectivity index (χ0) is 16.0. The molecule has 5 heteroatoms. The molecule has 0 saturated heterocycles. The SMILES string of the molecule is CC(C)OC(=O)[C@H](CC(=O)OC(C)(C)C)Cc1ccsc1. The van der Waals surface area contributed by atoms with Gasteiger partial charge in [-0.15, -0.1) is 0 Å². The van der Waals surface area contributed by atoms with Crippen molar-refractivity contribution in [3.05, 3.63) is 22.4 Å². The summed E-state index contributed by atoms with van der Waals surface area (Å²) in [6.07, 6.45) is 0.341. The molecule has 0 fully saturated rings. The lowest BCUT2D eigenvalue weighted by atomic mass is 9.97. The molecule has 0 saturated carbocycles. The van der Waals surface area contributed by atoms with Crippen molar-refractivity contribution in [3.8, 4) is 0 Å². The lowest BCUT2D eigenvalue weighted by molar-refractivity contribution is -0.163. The molecule has 0 aliphatic heterocycles. The zero-order valence-corrected chi connectivity index (χ0v) is 14.2. The number of ether oxygens (including phenoxy) is 2. The summed E-state index contributed by atoms with van der Waals surface area (Å²) < 4.78 is 10.5. The summed E-state index contributed by atoms with van der Waals surface area (Å²) >= 11 is 1.57. The van der Waals surface area contributed by atoms with Crippen LogP contribution in [-0.4, -0.2) is 23.6 Å². The largest absolute Gasteiger partial charge is 0.463 e. The quantitative estimate of drug-likeness (QED) is 0.753. The lowest BCUT2D eigenvalue weighted by Gasteiger charge is -2.22. The molecule has 0 spiro atoms. The Bertz CT molecular complexity index is 457. The van der Waals surface area contributed by atoms with Gasteiger partial charge in [-0.1, -0.05) is 0 Å². The average molecular weight is 312 g/mol. The molecule has 0 N–H and O–H groups in total. The van der Waals surface area contributed by atoms with Crippen molar-refractivity contribution in [2.24, 2.45) is 5.92 Å².